The van der Waals surface area contributed by atoms with Gasteiger partial charge in [-0.1, -0.05) is 11.8 Å². The molecule has 19 heavy (non-hydrogen) atoms. The van der Waals surface area contributed by atoms with Crippen LogP contribution in [0.2, 0.25) is 0 Å². The molecule has 0 spiro atoms. The maximum absolute atomic E-state index is 10.7. The standard InChI is InChI=1S/C13H9N3O2S/c1-8-4-9(6-14)5-12(16-8)19-11-3-2-10(7-15-11)13(17)18/h2-5,7H,1H3,(H,17,18). The van der Waals surface area contributed by atoms with Crippen molar-refractivity contribution in [1.29, 1.82) is 5.26 Å². The van der Waals surface area contributed by atoms with E-state index in [0.717, 1.165) is 5.69 Å². The Morgan fingerprint density at radius 2 is 2.16 bits per heavy atom. The number of aromatic nitrogens is 2. The lowest BCUT2D eigenvalue weighted by Crippen LogP contribution is -1.96. The smallest absolute Gasteiger partial charge is 0.337 e. The van der Waals surface area contributed by atoms with Crippen molar-refractivity contribution < 1.29 is 9.90 Å². The molecular weight excluding hydrogens is 262 g/mol. The number of aryl methyl sites for hydroxylation is 1. The molecule has 5 nitrogen and oxygen atoms in total. The summed E-state index contributed by atoms with van der Waals surface area (Å²) in [6, 6.07) is 8.54. The van der Waals surface area contributed by atoms with Crippen LogP contribution in [0.25, 0.3) is 0 Å². The van der Waals surface area contributed by atoms with E-state index in [0.29, 0.717) is 15.6 Å². The van der Waals surface area contributed by atoms with Crippen LogP contribution in [-0.2, 0) is 0 Å². The second-order valence-corrected chi connectivity index (χ2v) is 4.78. The Bertz CT molecular complexity index is 663. The second-order valence-electron chi connectivity index (χ2n) is 3.74. The molecule has 0 bridgehead atoms. The van der Waals surface area contributed by atoms with E-state index in [1.54, 1.807) is 18.2 Å². The molecule has 0 aromatic carbocycles. The Balaban J connectivity index is 2.24. The average Bonchev–Trinajstić information content (AvgIpc) is 2.38. The number of pyridine rings is 2. The fraction of sp³-hybridized carbons (Fsp3) is 0.0769. The highest BCUT2D eigenvalue weighted by Crippen LogP contribution is 2.25. The predicted molar refractivity (Wildman–Crippen MR) is 69.0 cm³/mol. The maximum Gasteiger partial charge on any atom is 0.337 e. The minimum atomic E-state index is -1.01. The topological polar surface area (TPSA) is 86.9 Å². The number of carboxylic acids is 1. The highest BCUT2D eigenvalue weighted by Gasteiger charge is 2.06. The molecule has 0 saturated carbocycles. The van der Waals surface area contributed by atoms with E-state index < -0.39 is 5.97 Å². The highest BCUT2D eigenvalue weighted by atomic mass is 32.2. The molecule has 0 aliphatic heterocycles. The number of nitrogens with zero attached hydrogens (tertiary/aromatic N) is 3. The Kier molecular flexibility index (Phi) is 3.78. The van der Waals surface area contributed by atoms with Gasteiger partial charge < -0.3 is 5.11 Å². The monoisotopic (exact) mass is 271 g/mol. The van der Waals surface area contributed by atoms with Gasteiger partial charge in [-0.25, -0.2) is 14.8 Å². The first-order valence-corrected chi connectivity index (χ1v) is 6.16. The lowest BCUT2D eigenvalue weighted by atomic mass is 10.2. The Morgan fingerprint density at radius 1 is 1.37 bits per heavy atom. The molecule has 0 fully saturated rings. The molecule has 0 unspecified atom stereocenters. The number of nitriles is 1. The van der Waals surface area contributed by atoms with Crippen LogP contribution in [0.5, 0.6) is 0 Å². The number of carbonyl (C=O) groups is 1. The van der Waals surface area contributed by atoms with Gasteiger partial charge in [-0.05, 0) is 31.2 Å². The van der Waals surface area contributed by atoms with Gasteiger partial charge in [0.25, 0.3) is 0 Å². The third-order valence-electron chi connectivity index (χ3n) is 2.25. The minimum absolute atomic E-state index is 0.138. The molecule has 94 valence electrons. The van der Waals surface area contributed by atoms with Gasteiger partial charge in [0.1, 0.15) is 10.1 Å². The number of carboxylic acid groups (broad SMARTS) is 1. The lowest BCUT2D eigenvalue weighted by Gasteiger charge is -2.02. The first kappa shape index (κ1) is 13.1. The largest absolute Gasteiger partial charge is 0.478 e. The van der Waals surface area contributed by atoms with Crippen LogP contribution in [0.4, 0.5) is 0 Å². The third-order valence-corrected chi connectivity index (χ3v) is 3.12. The van der Waals surface area contributed by atoms with Gasteiger partial charge in [0.2, 0.25) is 0 Å². The summed E-state index contributed by atoms with van der Waals surface area (Å²) in [4.78, 5) is 19.0. The Morgan fingerprint density at radius 3 is 2.74 bits per heavy atom. The summed E-state index contributed by atoms with van der Waals surface area (Å²) in [5.74, 6) is -1.01. The van der Waals surface area contributed by atoms with Crippen molar-refractivity contribution in [2.45, 2.75) is 17.0 Å². The molecule has 2 heterocycles. The number of aromatic carboxylic acids is 1. The third kappa shape index (κ3) is 3.30. The quantitative estimate of drug-likeness (QED) is 0.922. The Hall–Kier alpha value is -2.39. The van der Waals surface area contributed by atoms with Gasteiger partial charge in [-0.2, -0.15) is 5.26 Å². The average molecular weight is 271 g/mol. The number of hydrogen-bond acceptors (Lipinski definition) is 5. The predicted octanol–water partition coefficient (Wildman–Crippen LogP) is 2.51. The molecule has 0 aliphatic rings. The van der Waals surface area contributed by atoms with E-state index in [4.69, 9.17) is 10.4 Å². The summed E-state index contributed by atoms with van der Waals surface area (Å²) in [7, 11) is 0. The summed E-state index contributed by atoms with van der Waals surface area (Å²) in [5.41, 5.74) is 1.43. The van der Waals surface area contributed by atoms with Crippen molar-refractivity contribution in [3.63, 3.8) is 0 Å². The van der Waals surface area contributed by atoms with Crippen LogP contribution in [0.1, 0.15) is 21.6 Å². The zero-order valence-corrected chi connectivity index (χ0v) is 10.8. The van der Waals surface area contributed by atoms with Crippen LogP contribution < -0.4 is 0 Å². The van der Waals surface area contributed by atoms with Crippen molar-refractivity contribution in [2.75, 3.05) is 0 Å². The van der Waals surface area contributed by atoms with Crippen molar-refractivity contribution in [2.24, 2.45) is 0 Å². The molecule has 0 atom stereocenters. The molecule has 1 N–H and O–H groups in total. The highest BCUT2D eigenvalue weighted by molar-refractivity contribution is 7.99. The fourth-order valence-electron chi connectivity index (χ4n) is 1.43. The van der Waals surface area contributed by atoms with Crippen molar-refractivity contribution in [1.82, 2.24) is 9.97 Å². The van der Waals surface area contributed by atoms with Gasteiger partial charge >= 0.3 is 5.97 Å². The summed E-state index contributed by atoms with van der Waals surface area (Å²) in [5, 5.41) is 18.9. The SMILES string of the molecule is Cc1cc(C#N)cc(Sc2ccc(C(=O)O)cn2)n1. The summed E-state index contributed by atoms with van der Waals surface area (Å²) >= 11 is 1.29. The minimum Gasteiger partial charge on any atom is -0.478 e. The molecule has 0 amide bonds. The van der Waals surface area contributed by atoms with E-state index in [1.807, 2.05) is 6.92 Å². The molecule has 6 heteroatoms. The zero-order chi connectivity index (χ0) is 13.8. The zero-order valence-electron chi connectivity index (χ0n) is 9.99. The molecule has 0 aliphatic carbocycles. The maximum atomic E-state index is 10.7. The van der Waals surface area contributed by atoms with Crippen LogP contribution in [0, 0.1) is 18.3 Å². The molecule has 0 saturated heterocycles. The van der Waals surface area contributed by atoms with Crippen molar-refractivity contribution in [3.05, 3.63) is 47.3 Å². The summed E-state index contributed by atoms with van der Waals surface area (Å²) in [6.07, 6.45) is 1.30. The van der Waals surface area contributed by atoms with Gasteiger partial charge in [0.05, 0.1) is 17.2 Å². The van der Waals surface area contributed by atoms with E-state index >= 15 is 0 Å². The van der Waals surface area contributed by atoms with Gasteiger partial charge in [-0.15, -0.1) is 0 Å². The Labute approximate surface area is 113 Å². The normalized spacial score (nSPS) is 9.89. The molecule has 2 aromatic rings. The van der Waals surface area contributed by atoms with E-state index in [-0.39, 0.29) is 5.56 Å². The first-order valence-electron chi connectivity index (χ1n) is 5.34. The molecule has 0 radical (unpaired) electrons. The molecule has 2 aromatic heterocycles. The van der Waals surface area contributed by atoms with Crippen LogP contribution in [0.15, 0.2) is 40.5 Å². The van der Waals surface area contributed by atoms with E-state index in [2.05, 4.69) is 16.0 Å². The number of rotatable bonds is 3. The summed E-state index contributed by atoms with van der Waals surface area (Å²) < 4.78 is 0. The lowest BCUT2D eigenvalue weighted by molar-refractivity contribution is 0.0696. The summed E-state index contributed by atoms with van der Waals surface area (Å²) in [6.45, 7) is 1.81. The number of hydrogen-bond donors (Lipinski definition) is 1. The fourth-order valence-corrected chi connectivity index (χ4v) is 2.26. The van der Waals surface area contributed by atoms with Crippen LogP contribution in [0.3, 0.4) is 0 Å². The van der Waals surface area contributed by atoms with Crippen LogP contribution in [-0.4, -0.2) is 21.0 Å². The molecule has 2 rings (SSSR count). The first-order chi connectivity index (χ1) is 9.08. The van der Waals surface area contributed by atoms with Crippen molar-refractivity contribution in [3.8, 4) is 6.07 Å². The van der Waals surface area contributed by atoms with E-state index in [1.165, 1.54) is 24.0 Å². The van der Waals surface area contributed by atoms with E-state index in [9.17, 15) is 4.79 Å². The van der Waals surface area contributed by atoms with Crippen LogP contribution >= 0.6 is 11.8 Å². The van der Waals surface area contributed by atoms with Crippen molar-refractivity contribution >= 4 is 17.7 Å². The van der Waals surface area contributed by atoms with Gasteiger partial charge in [0, 0.05) is 11.9 Å². The van der Waals surface area contributed by atoms with Gasteiger partial charge in [-0.3, -0.25) is 0 Å². The van der Waals surface area contributed by atoms with Gasteiger partial charge in [0.15, 0.2) is 0 Å². The molecular formula is C13H9N3O2S. The second kappa shape index (κ2) is 5.50.